The van der Waals surface area contributed by atoms with Crippen LogP contribution in [-0.2, 0) is 0 Å². The molecular formula is C14H30N4. The molecule has 2 saturated heterocycles. The van der Waals surface area contributed by atoms with Crippen LogP contribution in [0, 0.1) is 5.41 Å². The smallest absolute Gasteiger partial charge is 0.0110 e. The van der Waals surface area contributed by atoms with Crippen molar-refractivity contribution in [2.75, 3.05) is 72.5 Å². The predicted molar refractivity (Wildman–Crippen MR) is 77.0 cm³/mol. The third-order valence-corrected chi connectivity index (χ3v) is 4.11. The minimum absolute atomic E-state index is 0.410. The SMILES string of the molecule is CN1CCN(CC(C)(C)CN2CCNCC2)CC1. The lowest BCUT2D eigenvalue weighted by atomic mass is 9.91. The van der Waals surface area contributed by atoms with Crippen LogP contribution in [0.25, 0.3) is 0 Å². The molecule has 0 bridgehead atoms. The largest absolute Gasteiger partial charge is 0.314 e. The third-order valence-electron chi connectivity index (χ3n) is 4.11. The van der Waals surface area contributed by atoms with Crippen LogP contribution in [0.2, 0.25) is 0 Å². The van der Waals surface area contributed by atoms with E-state index in [0.717, 1.165) is 13.1 Å². The second-order valence-corrected chi connectivity index (χ2v) is 6.77. The van der Waals surface area contributed by atoms with Crippen LogP contribution in [0.1, 0.15) is 13.8 Å². The molecule has 0 aliphatic carbocycles. The zero-order valence-corrected chi connectivity index (χ0v) is 12.4. The second-order valence-electron chi connectivity index (χ2n) is 6.77. The summed E-state index contributed by atoms with van der Waals surface area (Å²) in [6.07, 6.45) is 0. The number of hydrogen-bond donors (Lipinski definition) is 1. The molecule has 0 spiro atoms. The Morgan fingerprint density at radius 2 is 1.33 bits per heavy atom. The van der Waals surface area contributed by atoms with E-state index in [1.54, 1.807) is 0 Å². The molecule has 4 heteroatoms. The Hall–Kier alpha value is -0.160. The normalized spacial score (nSPS) is 25.5. The summed E-state index contributed by atoms with van der Waals surface area (Å²) in [7, 11) is 2.23. The van der Waals surface area contributed by atoms with E-state index in [1.165, 1.54) is 52.4 Å². The molecule has 0 saturated carbocycles. The van der Waals surface area contributed by atoms with Gasteiger partial charge in [-0.05, 0) is 12.5 Å². The topological polar surface area (TPSA) is 21.8 Å². The summed E-state index contributed by atoms with van der Waals surface area (Å²) in [4.78, 5) is 7.69. The first-order valence-corrected chi connectivity index (χ1v) is 7.39. The van der Waals surface area contributed by atoms with Gasteiger partial charge in [-0.2, -0.15) is 0 Å². The number of likely N-dealkylation sites (N-methyl/N-ethyl adjacent to an activating group) is 1. The molecule has 18 heavy (non-hydrogen) atoms. The van der Waals surface area contributed by atoms with Crippen molar-refractivity contribution in [3.63, 3.8) is 0 Å². The van der Waals surface area contributed by atoms with Crippen LogP contribution in [0.4, 0.5) is 0 Å². The Labute approximate surface area is 112 Å². The number of nitrogens with zero attached hydrogens (tertiary/aromatic N) is 3. The number of hydrogen-bond acceptors (Lipinski definition) is 4. The summed E-state index contributed by atoms with van der Waals surface area (Å²) in [6, 6.07) is 0. The standard InChI is InChI=1S/C14H30N4/c1-14(2,12-17-6-4-15-5-7-17)13-18-10-8-16(3)9-11-18/h15H,4-13H2,1-3H3. The van der Waals surface area contributed by atoms with Gasteiger partial charge >= 0.3 is 0 Å². The van der Waals surface area contributed by atoms with Gasteiger partial charge in [0.2, 0.25) is 0 Å². The minimum Gasteiger partial charge on any atom is -0.314 e. The molecule has 0 aromatic rings. The number of piperazine rings is 2. The molecule has 2 fully saturated rings. The fourth-order valence-corrected chi connectivity index (χ4v) is 3.14. The molecule has 1 N–H and O–H groups in total. The molecule has 0 radical (unpaired) electrons. The van der Waals surface area contributed by atoms with Gasteiger partial charge in [0.1, 0.15) is 0 Å². The monoisotopic (exact) mass is 254 g/mol. The highest BCUT2D eigenvalue weighted by Gasteiger charge is 2.26. The molecule has 2 rings (SSSR count). The average molecular weight is 254 g/mol. The van der Waals surface area contributed by atoms with Crippen LogP contribution < -0.4 is 5.32 Å². The highest BCUT2D eigenvalue weighted by Crippen LogP contribution is 2.20. The molecule has 2 aliphatic heterocycles. The Bertz CT molecular complexity index is 240. The molecule has 0 aromatic heterocycles. The van der Waals surface area contributed by atoms with Gasteiger partial charge in [-0.1, -0.05) is 13.8 Å². The molecule has 0 aromatic carbocycles. The van der Waals surface area contributed by atoms with E-state index in [2.05, 4.69) is 40.9 Å². The van der Waals surface area contributed by atoms with Crippen LogP contribution >= 0.6 is 0 Å². The highest BCUT2D eigenvalue weighted by atomic mass is 15.3. The van der Waals surface area contributed by atoms with Gasteiger partial charge in [0.05, 0.1) is 0 Å². The minimum atomic E-state index is 0.410. The van der Waals surface area contributed by atoms with E-state index in [0.29, 0.717) is 5.41 Å². The van der Waals surface area contributed by atoms with Gasteiger partial charge in [0.25, 0.3) is 0 Å². The lowest BCUT2D eigenvalue weighted by Crippen LogP contribution is -2.52. The number of nitrogens with one attached hydrogen (secondary N) is 1. The summed E-state index contributed by atoms with van der Waals surface area (Å²) in [6.45, 7) is 17.0. The first-order valence-electron chi connectivity index (χ1n) is 7.39. The van der Waals surface area contributed by atoms with Crippen molar-refractivity contribution >= 4 is 0 Å². The fourth-order valence-electron chi connectivity index (χ4n) is 3.14. The summed E-state index contributed by atoms with van der Waals surface area (Å²) < 4.78 is 0. The van der Waals surface area contributed by atoms with Gasteiger partial charge in [-0.15, -0.1) is 0 Å². The van der Waals surface area contributed by atoms with Crippen molar-refractivity contribution in [2.45, 2.75) is 13.8 Å². The first-order chi connectivity index (χ1) is 8.55. The molecule has 2 aliphatic rings. The van der Waals surface area contributed by atoms with Crippen LogP contribution in [-0.4, -0.2) is 87.2 Å². The van der Waals surface area contributed by atoms with Gasteiger partial charge in [-0.3, -0.25) is 0 Å². The summed E-state index contributed by atoms with van der Waals surface area (Å²) in [5.74, 6) is 0. The summed E-state index contributed by atoms with van der Waals surface area (Å²) in [5, 5.41) is 3.43. The average Bonchev–Trinajstić information content (AvgIpc) is 2.32. The first kappa shape index (κ1) is 14.3. The van der Waals surface area contributed by atoms with Crippen molar-refractivity contribution in [1.29, 1.82) is 0 Å². The van der Waals surface area contributed by atoms with Crippen LogP contribution in [0.5, 0.6) is 0 Å². The third kappa shape index (κ3) is 4.50. The summed E-state index contributed by atoms with van der Waals surface area (Å²) >= 11 is 0. The highest BCUT2D eigenvalue weighted by molar-refractivity contribution is 4.82. The fraction of sp³-hybridized carbons (Fsp3) is 1.00. The second kappa shape index (κ2) is 6.33. The maximum Gasteiger partial charge on any atom is 0.0110 e. The van der Waals surface area contributed by atoms with E-state index in [-0.39, 0.29) is 0 Å². The van der Waals surface area contributed by atoms with Gasteiger partial charge in [0, 0.05) is 65.4 Å². The quantitative estimate of drug-likeness (QED) is 0.772. The predicted octanol–water partition coefficient (Wildman–Crippen LogP) is 0.165. The number of rotatable bonds is 4. The molecule has 106 valence electrons. The maximum atomic E-state index is 3.43. The van der Waals surface area contributed by atoms with E-state index in [9.17, 15) is 0 Å². The van der Waals surface area contributed by atoms with E-state index in [1.807, 2.05) is 0 Å². The Kier molecular flexibility index (Phi) is 5.01. The zero-order chi connectivity index (χ0) is 13.0. The summed E-state index contributed by atoms with van der Waals surface area (Å²) in [5.41, 5.74) is 0.410. The molecule has 4 nitrogen and oxygen atoms in total. The molecule has 0 unspecified atom stereocenters. The van der Waals surface area contributed by atoms with Crippen molar-refractivity contribution in [3.8, 4) is 0 Å². The molecule has 2 heterocycles. The van der Waals surface area contributed by atoms with E-state index in [4.69, 9.17) is 0 Å². The Morgan fingerprint density at radius 3 is 1.89 bits per heavy atom. The van der Waals surface area contributed by atoms with Gasteiger partial charge < -0.3 is 20.0 Å². The van der Waals surface area contributed by atoms with Crippen molar-refractivity contribution in [3.05, 3.63) is 0 Å². The Morgan fingerprint density at radius 1 is 0.833 bits per heavy atom. The van der Waals surface area contributed by atoms with Crippen molar-refractivity contribution < 1.29 is 0 Å². The lowest BCUT2D eigenvalue weighted by Gasteiger charge is -2.40. The van der Waals surface area contributed by atoms with Crippen molar-refractivity contribution in [1.82, 2.24) is 20.0 Å². The van der Waals surface area contributed by atoms with E-state index < -0.39 is 0 Å². The van der Waals surface area contributed by atoms with Gasteiger partial charge in [-0.25, -0.2) is 0 Å². The zero-order valence-electron chi connectivity index (χ0n) is 12.4. The van der Waals surface area contributed by atoms with Crippen LogP contribution in [0.3, 0.4) is 0 Å². The maximum absolute atomic E-state index is 3.43. The molecule has 0 atom stereocenters. The van der Waals surface area contributed by atoms with Gasteiger partial charge in [0.15, 0.2) is 0 Å². The molecule has 0 amide bonds. The lowest BCUT2D eigenvalue weighted by molar-refractivity contribution is 0.0813. The Balaban J connectivity index is 1.75. The van der Waals surface area contributed by atoms with Crippen LogP contribution in [0.15, 0.2) is 0 Å². The van der Waals surface area contributed by atoms with Crippen molar-refractivity contribution in [2.24, 2.45) is 5.41 Å². The molecular weight excluding hydrogens is 224 g/mol. The van der Waals surface area contributed by atoms with E-state index >= 15 is 0 Å².